The Kier molecular flexibility index (Phi) is 3.51. The van der Waals surface area contributed by atoms with Crippen LogP contribution in [0.15, 0.2) is 0 Å². The smallest absolute Gasteiger partial charge is 0.144 e. The van der Waals surface area contributed by atoms with E-state index in [-0.39, 0.29) is 29.6 Å². The second kappa shape index (κ2) is 5.03. The largest absolute Gasteiger partial charge is 0.393 e. The zero-order chi connectivity index (χ0) is 16.6. The maximum Gasteiger partial charge on any atom is 0.144 e. The molecule has 4 nitrogen and oxygen atoms in total. The van der Waals surface area contributed by atoms with Crippen LogP contribution in [-0.2, 0) is 4.79 Å². The lowest BCUT2D eigenvalue weighted by molar-refractivity contribution is -0.178. The third kappa shape index (κ3) is 1.98. The van der Waals surface area contributed by atoms with Gasteiger partial charge in [0, 0.05) is 12.3 Å². The van der Waals surface area contributed by atoms with Gasteiger partial charge in [0.05, 0.1) is 23.7 Å². The summed E-state index contributed by atoms with van der Waals surface area (Å²) in [5.41, 5.74) is -0.617. The van der Waals surface area contributed by atoms with Gasteiger partial charge in [-0.15, -0.1) is 0 Å². The van der Waals surface area contributed by atoms with Crippen LogP contribution in [0.5, 0.6) is 0 Å². The van der Waals surface area contributed by atoms with E-state index < -0.39 is 17.6 Å². The molecule has 0 amide bonds. The Morgan fingerprint density at radius 1 is 1.04 bits per heavy atom. The highest BCUT2D eigenvalue weighted by Gasteiger charge is 2.65. The normalized spacial score (nSPS) is 59.2. The van der Waals surface area contributed by atoms with Crippen molar-refractivity contribution in [2.24, 2.45) is 34.5 Å². The summed E-state index contributed by atoms with van der Waals surface area (Å²) in [7, 11) is 0. The van der Waals surface area contributed by atoms with E-state index in [1.54, 1.807) is 0 Å². The number of hydrogen-bond acceptors (Lipinski definition) is 4. The van der Waals surface area contributed by atoms with Crippen LogP contribution in [0.2, 0.25) is 0 Å². The summed E-state index contributed by atoms with van der Waals surface area (Å²) in [5, 5.41) is 31.5. The molecule has 4 heteroatoms. The first-order chi connectivity index (χ1) is 10.8. The number of aliphatic hydroxyl groups excluding tert-OH is 3. The molecule has 0 aliphatic heterocycles. The molecule has 3 N–H and O–H groups in total. The lowest BCUT2D eigenvalue weighted by Gasteiger charge is -2.61. The molecule has 4 saturated carbocycles. The van der Waals surface area contributed by atoms with Crippen molar-refractivity contribution in [3.05, 3.63) is 0 Å². The standard InChI is InChI=1S/C19H30O4/c1-18-6-5-11(20)7-10(18)3-4-12-13(18)8-15(22)19(2)16(23)9-14(21)17(12)19/h10-15,17,20-22H,3-9H2,1-2H3. The fourth-order valence-corrected chi connectivity index (χ4v) is 7.04. The van der Waals surface area contributed by atoms with Crippen molar-refractivity contribution in [3.8, 4) is 0 Å². The van der Waals surface area contributed by atoms with Crippen molar-refractivity contribution in [1.29, 1.82) is 0 Å². The molecule has 4 rings (SSSR count). The van der Waals surface area contributed by atoms with E-state index >= 15 is 0 Å². The lowest BCUT2D eigenvalue weighted by atomic mass is 9.44. The Labute approximate surface area is 138 Å². The minimum absolute atomic E-state index is 0.0484. The number of aliphatic hydroxyl groups is 3. The predicted molar refractivity (Wildman–Crippen MR) is 85.5 cm³/mol. The first-order valence-corrected chi connectivity index (χ1v) is 9.36. The van der Waals surface area contributed by atoms with Gasteiger partial charge < -0.3 is 15.3 Å². The van der Waals surface area contributed by atoms with Crippen molar-refractivity contribution in [2.45, 2.75) is 77.1 Å². The van der Waals surface area contributed by atoms with E-state index in [2.05, 4.69) is 6.92 Å². The van der Waals surface area contributed by atoms with Crippen molar-refractivity contribution in [3.63, 3.8) is 0 Å². The van der Waals surface area contributed by atoms with Crippen molar-refractivity contribution < 1.29 is 20.1 Å². The van der Waals surface area contributed by atoms with E-state index in [0.717, 1.165) is 32.1 Å². The first-order valence-electron chi connectivity index (χ1n) is 9.36. The summed E-state index contributed by atoms with van der Waals surface area (Å²) in [6.45, 7) is 4.22. The molecule has 0 bridgehead atoms. The Morgan fingerprint density at radius 2 is 1.78 bits per heavy atom. The van der Waals surface area contributed by atoms with Crippen LogP contribution >= 0.6 is 0 Å². The average Bonchev–Trinajstić information content (AvgIpc) is 2.73. The molecule has 0 aromatic carbocycles. The average molecular weight is 322 g/mol. The molecule has 130 valence electrons. The van der Waals surface area contributed by atoms with Gasteiger partial charge in [-0.25, -0.2) is 0 Å². The first kappa shape index (κ1) is 16.0. The van der Waals surface area contributed by atoms with Gasteiger partial charge in [0.2, 0.25) is 0 Å². The highest BCUT2D eigenvalue weighted by Crippen LogP contribution is 2.65. The quantitative estimate of drug-likeness (QED) is 0.636. The Bertz CT molecular complexity index is 519. The van der Waals surface area contributed by atoms with E-state index in [4.69, 9.17) is 0 Å². The maximum atomic E-state index is 12.5. The number of rotatable bonds is 0. The van der Waals surface area contributed by atoms with Crippen LogP contribution in [0.3, 0.4) is 0 Å². The van der Waals surface area contributed by atoms with Crippen LogP contribution in [0.1, 0.15) is 58.8 Å². The van der Waals surface area contributed by atoms with Crippen LogP contribution in [0, 0.1) is 34.5 Å². The monoisotopic (exact) mass is 322 g/mol. The topological polar surface area (TPSA) is 77.8 Å². The summed E-state index contributed by atoms with van der Waals surface area (Å²) >= 11 is 0. The molecule has 0 aromatic rings. The molecule has 0 spiro atoms. The number of Topliss-reactive ketones (excluding diaryl/α,β-unsaturated/α-hetero) is 1. The van der Waals surface area contributed by atoms with Crippen LogP contribution in [-0.4, -0.2) is 39.4 Å². The van der Waals surface area contributed by atoms with E-state index in [1.807, 2.05) is 6.92 Å². The summed E-state index contributed by atoms with van der Waals surface area (Å²) in [6, 6.07) is 0. The van der Waals surface area contributed by atoms with Gasteiger partial charge >= 0.3 is 0 Å². The molecule has 23 heavy (non-hydrogen) atoms. The van der Waals surface area contributed by atoms with Gasteiger partial charge in [-0.05, 0) is 68.6 Å². The van der Waals surface area contributed by atoms with Crippen LogP contribution in [0.4, 0.5) is 0 Å². The molecular formula is C19H30O4. The van der Waals surface area contributed by atoms with Crippen molar-refractivity contribution in [1.82, 2.24) is 0 Å². The van der Waals surface area contributed by atoms with Gasteiger partial charge in [-0.3, -0.25) is 4.79 Å². The molecule has 4 aliphatic carbocycles. The number of fused-ring (bicyclic) bond motifs is 5. The number of carbonyl (C=O) groups excluding carboxylic acids is 1. The second-order valence-corrected chi connectivity index (χ2v) is 9.23. The van der Waals surface area contributed by atoms with E-state index in [1.165, 1.54) is 0 Å². The second-order valence-electron chi connectivity index (χ2n) is 9.23. The van der Waals surface area contributed by atoms with Gasteiger partial charge in [-0.2, -0.15) is 0 Å². The Hall–Kier alpha value is -0.450. The fraction of sp³-hybridized carbons (Fsp3) is 0.947. The molecule has 0 radical (unpaired) electrons. The van der Waals surface area contributed by atoms with Crippen LogP contribution < -0.4 is 0 Å². The summed E-state index contributed by atoms with van der Waals surface area (Å²) in [6.07, 6.45) is 4.30. The number of hydrogen-bond donors (Lipinski definition) is 3. The molecule has 4 fully saturated rings. The molecule has 0 heterocycles. The fourth-order valence-electron chi connectivity index (χ4n) is 7.04. The third-order valence-electron chi connectivity index (χ3n) is 8.45. The highest BCUT2D eigenvalue weighted by molar-refractivity contribution is 5.88. The summed E-state index contributed by atoms with van der Waals surface area (Å²) in [4.78, 5) is 12.5. The molecule has 0 saturated heterocycles. The lowest BCUT2D eigenvalue weighted by Crippen LogP contribution is -2.59. The van der Waals surface area contributed by atoms with Gasteiger partial charge in [-0.1, -0.05) is 6.92 Å². The van der Waals surface area contributed by atoms with Crippen molar-refractivity contribution in [2.75, 3.05) is 0 Å². The van der Waals surface area contributed by atoms with Crippen molar-refractivity contribution >= 4 is 5.78 Å². The molecule has 9 unspecified atom stereocenters. The van der Waals surface area contributed by atoms with E-state index in [9.17, 15) is 20.1 Å². The Balaban J connectivity index is 1.71. The van der Waals surface area contributed by atoms with E-state index in [0.29, 0.717) is 24.2 Å². The van der Waals surface area contributed by atoms with Gasteiger partial charge in [0.25, 0.3) is 0 Å². The molecule has 4 aliphatic rings. The summed E-state index contributed by atoms with van der Waals surface area (Å²) < 4.78 is 0. The number of carbonyl (C=O) groups is 1. The zero-order valence-electron chi connectivity index (χ0n) is 14.2. The molecular weight excluding hydrogens is 292 g/mol. The highest BCUT2D eigenvalue weighted by atomic mass is 16.3. The SMILES string of the molecule is CC12CCC(O)CC1CCC1C2CC(O)C2(C)C(=O)CC(O)C12. The Morgan fingerprint density at radius 3 is 2.52 bits per heavy atom. The molecule has 0 aromatic heterocycles. The number of ketones is 1. The summed E-state index contributed by atoms with van der Waals surface area (Å²) in [5.74, 6) is 1.17. The van der Waals surface area contributed by atoms with Gasteiger partial charge in [0.15, 0.2) is 0 Å². The third-order valence-corrected chi connectivity index (χ3v) is 8.45. The minimum Gasteiger partial charge on any atom is -0.393 e. The van der Waals surface area contributed by atoms with Gasteiger partial charge in [0.1, 0.15) is 5.78 Å². The van der Waals surface area contributed by atoms with Crippen LogP contribution in [0.25, 0.3) is 0 Å². The minimum atomic E-state index is -0.752. The maximum absolute atomic E-state index is 12.5. The predicted octanol–water partition coefficient (Wildman–Crippen LogP) is 1.90. The zero-order valence-corrected chi connectivity index (χ0v) is 14.2. The molecule has 9 atom stereocenters.